The number of methoxy groups -OCH3 is 1. The number of nitrogens with zero attached hydrogens (tertiary/aromatic N) is 1. The van der Waals surface area contributed by atoms with E-state index in [1.807, 2.05) is 18.2 Å². The summed E-state index contributed by atoms with van der Waals surface area (Å²) in [5.41, 5.74) is 1.25. The third-order valence-electron chi connectivity index (χ3n) is 2.99. The Morgan fingerprint density at radius 1 is 1.19 bits per heavy atom. The molecule has 0 atom stereocenters. The van der Waals surface area contributed by atoms with Crippen molar-refractivity contribution in [1.82, 2.24) is 5.32 Å². The van der Waals surface area contributed by atoms with Gasteiger partial charge in [-0.2, -0.15) is 5.26 Å². The van der Waals surface area contributed by atoms with Crippen molar-refractivity contribution in [2.24, 2.45) is 0 Å². The number of unbranched alkanes of at least 4 members (excludes halogenated alkanes) is 2. The van der Waals surface area contributed by atoms with Gasteiger partial charge in [0.1, 0.15) is 0 Å². The first-order chi connectivity index (χ1) is 9.96. The average Bonchev–Trinajstić information content (AvgIpc) is 2.44. The number of nitrogens with one attached hydrogen (secondary N) is 1. The number of hydrogen-bond acceptors (Lipinski definition) is 4. The van der Waals surface area contributed by atoms with Gasteiger partial charge < -0.3 is 14.8 Å². The summed E-state index contributed by atoms with van der Waals surface area (Å²) in [4.78, 5) is 0. The molecule has 116 valence electrons. The summed E-state index contributed by atoms with van der Waals surface area (Å²) in [6.45, 7) is 7.83. The van der Waals surface area contributed by atoms with Gasteiger partial charge in [-0.3, -0.25) is 0 Å². The Hall–Kier alpha value is -1.73. The monoisotopic (exact) mass is 290 g/mol. The molecule has 4 heteroatoms. The van der Waals surface area contributed by atoms with E-state index < -0.39 is 0 Å². The van der Waals surface area contributed by atoms with Crippen LogP contribution in [0.2, 0.25) is 0 Å². The summed E-state index contributed by atoms with van der Waals surface area (Å²) in [7, 11) is 1.65. The molecule has 0 fully saturated rings. The van der Waals surface area contributed by atoms with Gasteiger partial charge in [0.25, 0.3) is 0 Å². The van der Waals surface area contributed by atoms with E-state index in [9.17, 15) is 0 Å². The van der Waals surface area contributed by atoms with E-state index in [-0.39, 0.29) is 5.54 Å². The Bertz CT molecular complexity index is 473. The zero-order valence-corrected chi connectivity index (χ0v) is 13.5. The molecule has 0 aromatic heterocycles. The molecular weight excluding hydrogens is 264 g/mol. The molecule has 0 aliphatic heterocycles. The summed E-state index contributed by atoms with van der Waals surface area (Å²) in [6.07, 6.45) is 2.33. The molecule has 1 aromatic rings. The van der Waals surface area contributed by atoms with Gasteiger partial charge in [-0.15, -0.1) is 0 Å². The molecule has 0 bridgehead atoms. The highest BCUT2D eigenvalue weighted by atomic mass is 16.5. The minimum absolute atomic E-state index is 0.0865. The molecule has 0 aliphatic carbocycles. The Labute approximate surface area is 128 Å². The maximum Gasteiger partial charge on any atom is 0.161 e. The van der Waals surface area contributed by atoms with Gasteiger partial charge in [-0.05, 0) is 51.3 Å². The first-order valence-electron chi connectivity index (χ1n) is 7.38. The highest BCUT2D eigenvalue weighted by molar-refractivity contribution is 5.43. The van der Waals surface area contributed by atoms with Gasteiger partial charge in [-0.25, -0.2) is 0 Å². The van der Waals surface area contributed by atoms with E-state index in [1.165, 1.54) is 5.56 Å². The zero-order chi connectivity index (χ0) is 15.7. The molecule has 1 rings (SSSR count). The SMILES string of the molecule is COc1cc(CNC(C)(C)C)ccc1OCCCCC#N. The van der Waals surface area contributed by atoms with Gasteiger partial charge in [0.05, 0.1) is 19.8 Å². The van der Waals surface area contributed by atoms with Crippen LogP contribution in [0, 0.1) is 11.3 Å². The van der Waals surface area contributed by atoms with Crippen LogP contribution in [-0.2, 0) is 6.54 Å². The van der Waals surface area contributed by atoms with Gasteiger partial charge in [0.15, 0.2) is 11.5 Å². The molecule has 0 saturated carbocycles. The molecule has 0 aliphatic rings. The molecule has 0 saturated heterocycles. The lowest BCUT2D eigenvalue weighted by molar-refractivity contribution is 0.286. The normalized spacial score (nSPS) is 11.0. The maximum atomic E-state index is 8.49. The predicted octanol–water partition coefficient (Wildman–Crippen LogP) is 3.66. The lowest BCUT2D eigenvalue weighted by Gasteiger charge is -2.21. The van der Waals surface area contributed by atoms with Gasteiger partial charge in [0, 0.05) is 18.5 Å². The average molecular weight is 290 g/mol. The molecule has 1 N–H and O–H groups in total. The van der Waals surface area contributed by atoms with Gasteiger partial charge >= 0.3 is 0 Å². The van der Waals surface area contributed by atoms with Crippen molar-refractivity contribution >= 4 is 0 Å². The fourth-order valence-electron chi connectivity index (χ4n) is 1.80. The van der Waals surface area contributed by atoms with Crippen molar-refractivity contribution in [2.45, 2.75) is 52.1 Å². The van der Waals surface area contributed by atoms with E-state index in [2.05, 4.69) is 32.2 Å². The highest BCUT2D eigenvalue weighted by Crippen LogP contribution is 2.28. The standard InChI is InChI=1S/C17H26N2O2/c1-17(2,3)19-13-14-8-9-15(16(12-14)20-4)21-11-7-5-6-10-18/h8-9,12,19H,5-7,11,13H2,1-4H3. The van der Waals surface area contributed by atoms with Crippen molar-refractivity contribution in [3.05, 3.63) is 23.8 Å². The Balaban J connectivity index is 2.56. The fourth-order valence-corrected chi connectivity index (χ4v) is 1.80. The fraction of sp³-hybridized carbons (Fsp3) is 0.588. The summed E-state index contributed by atoms with van der Waals surface area (Å²) in [6, 6.07) is 8.13. The summed E-state index contributed by atoms with van der Waals surface area (Å²) < 4.78 is 11.1. The number of ether oxygens (including phenoxy) is 2. The Morgan fingerprint density at radius 2 is 1.95 bits per heavy atom. The molecule has 0 unspecified atom stereocenters. The number of benzene rings is 1. The van der Waals surface area contributed by atoms with Crippen LogP contribution in [0.25, 0.3) is 0 Å². The van der Waals surface area contributed by atoms with E-state index in [0.717, 1.165) is 30.9 Å². The largest absolute Gasteiger partial charge is 0.493 e. The smallest absolute Gasteiger partial charge is 0.161 e. The first-order valence-corrected chi connectivity index (χ1v) is 7.38. The van der Waals surface area contributed by atoms with Crippen LogP contribution in [0.3, 0.4) is 0 Å². The van der Waals surface area contributed by atoms with Crippen LogP contribution in [0.5, 0.6) is 11.5 Å². The van der Waals surface area contributed by atoms with Crippen LogP contribution in [0.15, 0.2) is 18.2 Å². The third-order valence-corrected chi connectivity index (χ3v) is 2.99. The minimum atomic E-state index is 0.0865. The van der Waals surface area contributed by atoms with E-state index in [4.69, 9.17) is 14.7 Å². The van der Waals surface area contributed by atoms with E-state index in [0.29, 0.717) is 13.0 Å². The number of hydrogen-bond donors (Lipinski definition) is 1. The van der Waals surface area contributed by atoms with Crippen molar-refractivity contribution < 1.29 is 9.47 Å². The molecule has 0 spiro atoms. The van der Waals surface area contributed by atoms with Gasteiger partial charge in [-0.1, -0.05) is 6.07 Å². The highest BCUT2D eigenvalue weighted by Gasteiger charge is 2.10. The van der Waals surface area contributed by atoms with Crippen molar-refractivity contribution in [3.8, 4) is 17.6 Å². The molecule has 0 heterocycles. The summed E-state index contributed by atoms with van der Waals surface area (Å²) in [5, 5.41) is 11.9. The lowest BCUT2D eigenvalue weighted by Crippen LogP contribution is -2.35. The molecule has 21 heavy (non-hydrogen) atoms. The maximum absolute atomic E-state index is 8.49. The van der Waals surface area contributed by atoms with E-state index >= 15 is 0 Å². The summed E-state index contributed by atoms with van der Waals surface area (Å²) in [5.74, 6) is 1.51. The minimum Gasteiger partial charge on any atom is -0.493 e. The van der Waals surface area contributed by atoms with Crippen LogP contribution in [0.1, 0.15) is 45.6 Å². The van der Waals surface area contributed by atoms with Crippen LogP contribution in [-0.4, -0.2) is 19.3 Å². The molecule has 0 amide bonds. The van der Waals surface area contributed by atoms with Crippen molar-refractivity contribution in [1.29, 1.82) is 5.26 Å². The second-order valence-electron chi connectivity index (χ2n) is 6.05. The van der Waals surface area contributed by atoms with Crippen molar-refractivity contribution in [2.75, 3.05) is 13.7 Å². The lowest BCUT2D eigenvalue weighted by atomic mass is 10.1. The van der Waals surface area contributed by atoms with Crippen LogP contribution < -0.4 is 14.8 Å². The first kappa shape index (κ1) is 17.3. The summed E-state index contributed by atoms with van der Waals surface area (Å²) >= 11 is 0. The molecule has 4 nitrogen and oxygen atoms in total. The predicted molar refractivity (Wildman–Crippen MR) is 84.5 cm³/mol. The van der Waals surface area contributed by atoms with Crippen LogP contribution in [0.4, 0.5) is 0 Å². The second-order valence-corrected chi connectivity index (χ2v) is 6.05. The topological polar surface area (TPSA) is 54.3 Å². The molecule has 1 aromatic carbocycles. The van der Waals surface area contributed by atoms with Crippen molar-refractivity contribution in [3.63, 3.8) is 0 Å². The zero-order valence-electron chi connectivity index (χ0n) is 13.5. The number of nitriles is 1. The molecule has 0 radical (unpaired) electrons. The quantitative estimate of drug-likeness (QED) is 0.742. The Morgan fingerprint density at radius 3 is 2.57 bits per heavy atom. The Kier molecular flexibility index (Phi) is 7.04. The molecular formula is C17H26N2O2. The van der Waals surface area contributed by atoms with Crippen LogP contribution >= 0.6 is 0 Å². The van der Waals surface area contributed by atoms with Gasteiger partial charge in [0.2, 0.25) is 0 Å². The van der Waals surface area contributed by atoms with E-state index in [1.54, 1.807) is 7.11 Å². The second kappa shape index (κ2) is 8.53. The third kappa shape index (κ3) is 7.01. The number of rotatable bonds is 8.